The number of hydrogen-bond acceptors (Lipinski definition) is 5. The molecule has 2 aromatic heterocycles. The number of nitrogens with zero attached hydrogens (tertiary/aromatic N) is 4. The maximum Gasteiger partial charge on any atom is 0.251 e. The molecule has 7 heteroatoms. The van der Waals surface area contributed by atoms with E-state index in [4.69, 9.17) is 4.74 Å². The molecule has 3 heterocycles. The summed E-state index contributed by atoms with van der Waals surface area (Å²) in [5, 5.41) is 0. The van der Waals surface area contributed by atoms with Gasteiger partial charge in [-0.2, -0.15) is 0 Å². The van der Waals surface area contributed by atoms with E-state index in [0.29, 0.717) is 24.7 Å². The zero-order valence-electron chi connectivity index (χ0n) is 12.2. The Morgan fingerprint density at radius 1 is 1.52 bits per heavy atom. The van der Waals surface area contributed by atoms with E-state index in [-0.39, 0.29) is 11.7 Å². The Morgan fingerprint density at radius 2 is 2.38 bits per heavy atom. The van der Waals surface area contributed by atoms with Gasteiger partial charge >= 0.3 is 0 Å². The summed E-state index contributed by atoms with van der Waals surface area (Å²) in [4.78, 5) is 25.3. The largest absolute Gasteiger partial charge is 0.368 e. The molecule has 3 rings (SSSR count). The van der Waals surface area contributed by atoms with E-state index < -0.39 is 0 Å². The SMILES string of the molecule is Cc1cc(=O)[nH]c([C@H]2CN(Cc3nccn3C)CCO2)n1. The predicted molar refractivity (Wildman–Crippen MR) is 76.8 cm³/mol. The number of aromatic nitrogens is 4. The second-order valence-electron chi connectivity index (χ2n) is 5.32. The van der Waals surface area contributed by atoms with Crippen molar-refractivity contribution in [2.75, 3.05) is 19.7 Å². The fourth-order valence-corrected chi connectivity index (χ4v) is 2.52. The monoisotopic (exact) mass is 289 g/mol. The van der Waals surface area contributed by atoms with Gasteiger partial charge in [-0.1, -0.05) is 0 Å². The van der Waals surface area contributed by atoms with Crippen LogP contribution in [0.2, 0.25) is 0 Å². The molecule has 0 unspecified atom stereocenters. The number of H-pyrrole nitrogens is 1. The molecule has 2 aromatic rings. The number of nitrogens with one attached hydrogen (secondary N) is 1. The van der Waals surface area contributed by atoms with Gasteiger partial charge in [-0.15, -0.1) is 0 Å². The Kier molecular flexibility index (Phi) is 3.85. The summed E-state index contributed by atoms with van der Waals surface area (Å²) in [7, 11) is 1.99. The minimum absolute atomic E-state index is 0.137. The average molecular weight is 289 g/mol. The van der Waals surface area contributed by atoms with Crippen molar-refractivity contribution < 1.29 is 4.74 Å². The highest BCUT2D eigenvalue weighted by molar-refractivity contribution is 5.04. The molecule has 1 atom stereocenters. The lowest BCUT2D eigenvalue weighted by molar-refractivity contribution is -0.0383. The Morgan fingerprint density at radius 3 is 3.10 bits per heavy atom. The number of morpholine rings is 1. The van der Waals surface area contributed by atoms with Crippen LogP contribution in [-0.2, 0) is 18.3 Å². The molecule has 0 spiro atoms. The van der Waals surface area contributed by atoms with E-state index in [2.05, 4.69) is 19.9 Å². The van der Waals surface area contributed by atoms with Crippen LogP contribution in [0.5, 0.6) is 0 Å². The van der Waals surface area contributed by atoms with Crippen LogP contribution in [0.3, 0.4) is 0 Å². The molecular weight excluding hydrogens is 270 g/mol. The third kappa shape index (κ3) is 3.20. The first-order chi connectivity index (χ1) is 10.1. The Bertz CT molecular complexity index is 678. The number of aryl methyl sites for hydroxylation is 2. The van der Waals surface area contributed by atoms with Gasteiger partial charge in [0.15, 0.2) is 0 Å². The first-order valence-electron chi connectivity index (χ1n) is 7.00. The van der Waals surface area contributed by atoms with Crippen LogP contribution in [0.1, 0.15) is 23.4 Å². The predicted octanol–water partition coefficient (Wildman–Crippen LogP) is 0.385. The molecule has 1 saturated heterocycles. The maximum absolute atomic E-state index is 11.6. The fraction of sp³-hybridized carbons (Fsp3) is 0.500. The summed E-state index contributed by atoms with van der Waals surface area (Å²) in [6.45, 7) is 4.73. The smallest absolute Gasteiger partial charge is 0.251 e. The van der Waals surface area contributed by atoms with Crippen molar-refractivity contribution in [1.29, 1.82) is 0 Å². The minimum atomic E-state index is -0.202. The Balaban J connectivity index is 1.73. The molecule has 1 N–H and O–H groups in total. The topological polar surface area (TPSA) is 76.0 Å². The van der Waals surface area contributed by atoms with Gasteiger partial charge in [-0.05, 0) is 6.92 Å². The highest BCUT2D eigenvalue weighted by atomic mass is 16.5. The van der Waals surface area contributed by atoms with Crippen LogP contribution < -0.4 is 5.56 Å². The number of imidazole rings is 1. The van der Waals surface area contributed by atoms with Gasteiger partial charge in [-0.3, -0.25) is 9.69 Å². The van der Waals surface area contributed by atoms with Crippen molar-refractivity contribution in [3.05, 3.63) is 46.2 Å². The molecule has 21 heavy (non-hydrogen) atoms. The third-order valence-corrected chi connectivity index (χ3v) is 3.63. The Hall–Kier alpha value is -1.99. The van der Waals surface area contributed by atoms with Crippen LogP contribution in [0.4, 0.5) is 0 Å². The molecule has 112 valence electrons. The van der Waals surface area contributed by atoms with Crippen molar-refractivity contribution in [3.8, 4) is 0 Å². The van der Waals surface area contributed by atoms with E-state index in [9.17, 15) is 4.79 Å². The molecule has 0 bridgehead atoms. The van der Waals surface area contributed by atoms with Crippen LogP contribution in [0.15, 0.2) is 23.3 Å². The highest BCUT2D eigenvalue weighted by Crippen LogP contribution is 2.19. The van der Waals surface area contributed by atoms with Crippen molar-refractivity contribution in [3.63, 3.8) is 0 Å². The van der Waals surface area contributed by atoms with Crippen molar-refractivity contribution in [1.82, 2.24) is 24.4 Å². The summed E-state index contributed by atoms with van der Waals surface area (Å²) in [5.41, 5.74) is 0.570. The van der Waals surface area contributed by atoms with Gasteiger partial charge < -0.3 is 14.3 Å². The van der Waals surface area contributed by atoms with E-state index >= 15 is 0 Å². The van der Waals surface area contributed by atoms with E-state index in [1.54, 1.807) is 6.20 Å². The Labute approximate surface area is 122 Å². The first kappa shape index (κ1) is 14.0. The van der Waals surface area contributed by atoms with Gasteiger partial charge in [0.05, 0.1) is 13.2 Å². The molecule has 1 fully saturated rings. The molecule has 0 aromatic carbocycles. The zero-order chi connectivity index (χ0) is 14.8. The number of ether oxygens (including phenoxy) is 1. The van der Waals surface area contributed by atoms with E-state index in [1.165, 1.54) is 6.07 Å². The summed E-state index contributed by atoms with van der Waals surface area (Å²) >= 11 is 0. The van der Waals surface area contributed by atoms with Crippen LogP contribution in [-0.4, -0.2) is 44.1 Å². The second-order valence-corrected chi connectivity index (χ2v) is 5.32. The van der Waals surface area contributed by atoms with Crippen LogP contribution >= 0.6 is 0 Å². The first-order valence-corrected chi connectivity index (χ1v) is 7.00. The van der Waals surface area contributed by atoms with E-state index in [0.717, 1.165) is 18.9 Å². The molecule has 0 radical (unpaired) electrons. The number of rotatable bonds is 3. The molecule has 0 amide bonds. The van der Waals surface area contributed by atoms with Gasteiger partial charge in [0, 0.05) is 44.3 Å². The van der Waals surface area contributed by atoms with Gasteiger partial charge in [0.2, 0.25) is 0 Å². The minimum Gasteiger partial charge on any atom is -0.368 e. The zero-order valence-corrected chi connectivity index (χ0v) is 12.2. The van der Waals surface area contributed by atoms with Crippen LogP contribution in [0, 0.1) is 6.92 Å². The number of hydrogen-bond donors (Lipinski definition) is 1. The summed E-state index contributed by atoms with van der Waals surface area (Å²) in [6, 6.07) is 1.48. The fourth-order valence-electron chi connectivity index (χ4n) is 2.52. The number of aromatic amines is 1. The standard InChI is InChI=1S/C14H19N5O2/c1-10-7-13(20)17-14(16-10)11-8-19(5-6-21-11)9-12-15-3-4-18(12)2/h3-4,7,11H,5-6,8-9H2,1-2H3,(H,16,17,20)/t11-/m1/s1. The lowest BCUT2D eigenvalue weighted by Crippen LogP contribution is -2.39. The molecule has 1 aliphatic heterocycles. The molecular formula is C14H19N5O2. The molecule has 0 saturated carbocycles. The third-order valence-electron chi connectivity index (χ3n) is 3.63. The quantitative estimate of drug-likeness (QED) is 0.884. The van der Waals surface area contributed by atoms with Gasteiger partial charge in [0.25, 0.3) is 5.56 Å². The summed E-state index contributed by atoms with van der Waals surface area (Å²) in [5.74, 6) is 1.62. The molecule has 1 aliphatic rings. The van der Waals surface area contributed by atoms with E-state index in [1.807, 2.05) is 24.7 Å². The molecule has 0 aliphatic carbocycles. The maximum atomic E-state index is 11.6. The van der Waals surface area contributed by atoms with Crippen molar-refractivity contribution >= 4 is 0 Å². The normalized spacial score (nSPS) is 19.8. The van der Waals surface area contributed by atoms with Crippen LogP contribution in [0.25, 0.3) is 0 Å². The second kappa shape index (κ2) is 5.79. The van der Waals surface area contributed by atoms with Crippen molar-refractivity contribution in [2.24, 2.45) is 7.05 Å². The lowest BCUT2D eigenvalue weighted by Gasteiger charge is -2.32. The average Bonchev–Trinajstić information content (AvgIpc) is 2.84. The summed E-state index contributed by atoms with van der Waals surface area (Å²) in [6.07, 6.45) is 3.53. The lowest BCUT2D eigenvalue weighted by atomic mass is 10.2. The van der Waals surface area contributed by atoms with Gasteiger partial charge in [-0.25, -0.2) is 9.97 Å². The molecule has 7 nitrogen and oxygen atoms in total. The van der Waals surface area contributed by atoms with Crippen molar-refractivity contribution in [2.45, 2.75) is 19.6 Å². The summed E-state index contributed by atoms with van der Waals surface area (Å²) < 4.78 is 7.76. The van der Waals surface area contributed by atoms with Gasteiger partial charge in [0.1, 0.15) is 17.8 Å². The highest BCUT2D eigenvalue weighted by Gasteiger charge is 2.24.